The lowest BCUT2D eigenvalue weighted by molar-refractivity contribution is -0.274. The molecule has 0 saturated heterocycles. The largest absolute Gasteiger partial charge is 0.573 e. The van der Waals surface area contributed by atoms with E-state index in [0.717, 1.165) is 12.1 Å². The van der Waals surface area contributed by atoms with Gasteiger partial charge in [-0.3, -0.25) is 0 Å². The van der Waals surface area contributed by atoms with Gasteiger partial charge >= 0.3 is 12.3 Å². The van der Waals surface area contributed by atoms with Gasteiger partial charge in [-0.2, -0.15) is 0 Å². The summed E-state index contributed by atoms with van der Waals surface area (Å²) < 4.78 is 39.4. The second-order valence-corrected chi connectivity index (χ2v) is 3.32. The van der Waals surface area contributed by atoms with E-state index in [4.69, 9.17) is 16.7 Å². The summed E-state index contributed by atoms with van der Waals surface area (Å²) in [7, 11) is 0. The molecule has 0 fully saturated rings. The highest BCUT2D eigenvalue weighted by Crippen LogP contribution is 2.30. The minimum Gasteiger partial charge on any atom is -0.478 e. The topological polar surface area (TPSA) is 46.5 Å². The highest BCUT2D eigenvalue weighted by molar-refractivity contribution is 6.32. The van der Waals surface area contributed by atoms with Crippen molar-refractivity contribution in [1.29, 1.82) is 0 Å². The minimum atomic E-state index is -4.82. The summed E-state index contributed by atoms with van der Waals surface area (Å²) in [5.41, 5.74) is 0.354. The van der Waals surface area contributed by atoms with Crippen molar-refractivity contribution >= 4 is 23.6 Å². The Labute approximate surface area is 99.1 Å². The quantitative estimate of drug-likeness (QED) is 0.854. The molecule has 0 spiro atoms. The molecule has 92 valence electrons. The maximum atomic E-state index is 11.9. The van der Waals surface area contributed by atoms with Crippen LogP contribution >= 0.6 is 11.6 Å². The predicted octanol–water partition coefficient (Wildman–Crippen LogP) is 3.34. The summed E-state index contributed by atoms with van der Waals surface area (Å²) in [6.45, 7) is 0. The molecule has 0 aliphatic carbocycles. The Kier molecular flexibility index (Phi) is 4.01. The zero-order valence-electron chi connectivity index (χ0n) is 8.16. The van der Waals surface area contributed by atoms with E-state index < -0.39 is 18.1 Å². The Balaban J connectivity index is 2.90. The lowest BCUT2D eigenvalue weighted by Gasteiger charge is -2.10. The summed E-state index contributed by atoms with van der Waals surface area (Å²) in [5.74, 6) is -1.71. The number of benzene rings is 1. The Morgan fingerprint density at radius 2 is 2.06 bits per heavy atom. The number of carboxylic acid groups (broad SMARTS) is 1. The monoisotopic (exact) mass is 266 g/mol. The normalized spacial score (nSPS) is 11.8. The fraction of sp³-hybridized carbons (Fsp3) is 0.100. The van der Waals surface area contributed by atoms with Crippen LogP contribution < -0.4 is 4.74 Å². The number of alkyl halides is 3. The van der Waals surface area contributed by atoms with Crippen LogP contribution in [-0.4, -0.2) is 17.4 Å². The van der Waals surface area contributed by atoms with Crippen LogP contribution in [0.5, 0.6) is 5.75 Å². The van der Waals surface area contributed by atoms with Gasteiger partial charge < -0.3 is 9.84 Å². The second-order valence-electron chi connectivity index (χ2n) is 2.91. The van der Waals surface area contributed by atoms with Crippen LogP contribution in [-0.2, 0) is 4.79 Å². The first-order valence-corrected chi connectivity index (χ1v) is 4.62. The van der Waals surface area contributed by atoms with Crippen molar-refractivity contribution < 1.29 is 27.8 Å². The molecule has 1 aromatic rings. The number of hydrogen-bond donors (Lipinski definition) is 1. The Bertz CT molecular complexity index is 455. The van der Waals surface area contributed by atoms with Gasteiger partial charge in [0.25, 0.3) is 0 Å². The van der Waals surface area contributed by atoms with E-state index in [1.54, 1.807) is 0 Å². The molecule has 3 nitrogen and oxygen atoms in total. The average molecular weight is 267 g/mol. The van der Waals surface area contributed by atoms with E-state index in [2.05, 4.69) is 4.74 Å². The fourth-order valence-electron chi connectivity index (χ4n) is 0.996. The van der Waals surface area contributed by atoms with Gasteiger partial charge in [0.15, 0.2) is 0 Å². The zero-order chi connectivity index (χ0) is 13.1. The smallest absolute Gasteiger partial charge is 0.478 e. The molecular weight excluding hydrogens is 261 g/mol. The van der Waals surface area contributed by atoms with E-state index in [1.165, 1.54) is 18.2 Å². The van der Waals surface area contributed by atoms with Gasteiger partial charge in [0, 0.05) is 6.08 Å². The Morgan fingerprint density at radius 3 is 2.53 bits per heavy atom. The van der Waals surface area contributed by atoms with Crippen molar-refractivity contribution in [3.8, 4) is 5.75 Å². The van der Waals surface area contributed by atoms with Crippen LogP contribution in [0, 0.1) is 0 Å². The molecular formula is C10H6ClF3O3. The van der Waals surface area contributed by atoms with Gasteiger partial charge in [-0.05, 0) is 23.8 Å². The number of halogens is 4. The molecule has 0 heterocycles. The SMILES string of the molecule is O=C(O)C=Cc1ccc(OC(F)(F)F)c(Cl)c1. The van der Waals surface area contributed by atoms with Crippen molar-refractivity contribution in [1.82, 2.24) is 0 Å². The first-order valence-electron chi connectivity index (χ1n) is 4.24. The van der Waals surface area contributed by atoms with Crippen molar-refractivity contribution in [2.75, 3.05) is 0 Å². The fourth-order valence-corrected chi connectivity index (χ4v) is 1.22. The van der Waals surface area contributed by atoms with Gasteiger partial charge in [-0.1, -0.05) is 17.7 Å². The molecule has 1 aromatic carbocycles. The molecule has 0 atom stereocenters. The average Bonchev–Trinajstić information content (AvgIpc) is 2.17. The van der Waals surface area contributed by atoms with E-state index >= 15 is 0 Å². The summed E-state index contributed by atoms with van der Waals surface area (Å²) in [5, 5.41) is 8.10. The minimum absolute atomic E-state index is 0.255. The van der Waals surface area contributed by atoms with Gasteiger partial charge in [0.2, 0.25) is 0 Å². The molecule has 0 aliphatic heterocycles. The maximum absolute atomic E-state index is 11.9. The Hall–Kier alpha value is -1.69. The third-order valence-corrected chi connectivity index (χ3v) is 1.90. The van der Waals surface area contributed by atoms with Gasteiger partial charge in [0.05, 0.1) is 5.02 Å². The molecule has 0 unspecified atom stereocenters. The molecule has 0 aliphatic rings. The van der Waals surface area contributed by atoms with Gasteiger partial charge in [0.1, 0.15) is 5.75 Å². The molecule has 1 N–H and O–H groups in total. The molecule has 7 heteroatoms. The molecule has 17 heavy (non-hydrogen) atoms. The number of carboxylic acids is 1. The van der Waals surface area contributed by atoms with Gasteiger partial charge in [-0.15, -0.1) is 13.2 Å². The van der Waals surface area contributed by atoms with Crippen molar-refractivity contribution in [3.63, 3.8) is 0 Å². The van der Waals surface area contributed by atoms with Crippen LogP contribution in [0.4, 0.5) is 13.2 Å². The van der Waals surface area contributed by atoms with Crippen molar-refractivity contribution in [3.05, 3.63) is 34.9 Å². The standard InChI is InChI=1S/C10H6ClF3O3/c11-7-5-6(2-4-9(15)16)1-3-8(7)17-10(12,13)14/h1-5H,(H,15,16). The lowest BCUT2D eigenvalue weighted by atomic mass is 10.2. The molecule has 0 radical (unpaired) electrons. The molecule has 0 amide bonds. The number of carbonyl (C=O) groups is 1. The summed E-state index contributed by atoms with van der Waals surface area (Å²) >= 11 is 5.54. The van der Waals surface area contributed by atoms with Crippen LogP contribution in [0.1, 0.15) is 5.56 Å². The van der Waals surface area contributed by atoms with Crippen LogP contribution in [0.25, 0.3) is 6.08 Å². The number of ether oxygens (including phenoxy) is 1. The Morgan fingerprint density at radius 1 is 1.41 bits per heavy atom. The number of aliphatic carboxylic acids is 1. The van der Waals surface area contributed by atoms with E-state index in [0.29, 0.717) is 5.56 Å². The molecule has 0 saturated carbocycles. The van der Waals surface area contributed by atoms with Gasteiger partial charge in [-0.25, -0.2) is 4.79 Å². The van der Waals surface area contributed by atoms with E-state index in [1.807, 2.05) is 0 Å². The van der Waals surface area contributed by atoms with Crippen molar-refractivity contribution in [2.45, 2.75) is 6.36 Å². The first-order chi connectivity index (χ1) is 7.78. The summed E-state index contributed by atoms with van der Waals surface area (Å²) in [6.07, 6.45) is -2.77. The predicted molar refractivity (Wildman–Crippen MR) is 54.8 cm³/mol. The highest BCUT2D eigenvalue weighted by Gasteiger charge is 2.31. The maximum Gasteiger partial charge on any atom is 0.573 e. The first kappa shape index (κ1) is 13.4. The lowest BCUT2D eigenvalue weighted by Crippen LogP contribution is -2.17. The summed E-state index contributed by atoms with van der Waals surface area (Å²) in [4.78, 5) is 10.2. The highest BCUT2D eigenvalue weighted by atomic mass is 35.5. The molecule has 0 aromatic heterocycles. The van der Waals surface area contributed by atoms with Crippen LogP contribution in [0.15, 0.2) is 24.3 Å². The van der Waals surface area contributed by atoms with Crippen molar-refractivity contribution in [2.24, 2.45) is 0 Å². The zero-order valence-corrected chi connectivity index (χ0v) is 8.92. The van der Waals surface area contributed by atoms with E-state index in [-0.39, 0.29) is 5.02 Å². The molecule has 0 bridgehead atoms. The van der Waals surface area contributed by atoms with Crippen LogP contribution in [0.3, 0.4) is 0 Å². The molecule has 1 rings (SSSR count). The number of rotatable bonds is 3. The summed E-state index contributed by atoms with van der Waals surface area (Å²) in [6, 6.07) is 3.44. The third-order valence-electron chi connectivity index (χ3n) is 1.60. The third kappa shape index (κ3) is 4.78. The number of hydrogen-bond acceptors (Lipinski definition) is 2. The second kappa shape index (κ2) is 5.09. The van der Waals surface area contributed by atoms with Crippen LogP contribution in [0.2, 0.25) is 5.02 Å². The van der Waals surface area contributed by atoms with E-state index in [9.17, 15) is 18.0 Å².